The zero-order chi connectivity index (χ0) is 24.3. The first kappa shape index (κ1) is 24.2. The quantitative estimate of drug-likeness (QED) is 0.359. The number of nitrogens with zero attached hydrogens (tertiary/aromatic N) is 5. The molecule has 0 saturated carbocycles. The summed E-state index contributed by atoms with van der Waals surface area (Å²) in [4.78, 5) is 9.82. The van der Waals surface area contributed by atoms with E-state index in [1.165, 1.54) is 12.3 Å². The van der Waals surface area contributed by atoms with Gasteiger partial charge in [-0.25, -0.2) is 23.4 Å². The Morgan fingerprint density at radius 2 is 1.85 bits per heavy atom. The topological polar surface area (TPSA) is 82.1 Å². The van der Waals surface area contributed by atoms with Gasteiger partial charge < -0.3 is 10.5 Å². The summed E-state index contributed by atoms with van der Waals surface area (Å²) in [6.07, 6.45) is 1.17. The minimum absolute atomic E-state index is 0.0688. The molecule has 3 aromatic rings. The predicted molar refractivity (Wildman–Crippen MR) is 119 cm³/mol. The smallest absolute Gasteiger partial charge is 0.333 e. The third-order valence-electron chi connectivity index (χ3n) is 5.57. The summed E-state index contributed by atoms with van der Waals surface area (Å²) in [6, 6.07) is 8.61. The predicted octanol–water partition coefficient (Wildman–Crippen LogP) is 4.67. The van der Waals surface area contributed by atoms with Gasteiger partial charge in [0, 0.05) is 56.7 Å². The third kappa shape index (κ3) is 5.95. The number of hydrogen-bond acceptors (Lipinski definition) is 6. The molecule has 4 rings (SSSR count). The van der Waals surface area contributed by atoms with Crippen LogP contribution < -0.4 is 10.5 Å². The van der Waals surface area contributed by atoms with E-state index in [4.69, 9.17) is 22.1 Å². The number of benzene rings is 1. The third-order valence-corrected chi connectivity index (χ3v) is 5.76. The van der Waals surface area contributed by atoms with Gasteiger partial charge in [-0.2, -0.15) is 13.9 Å². The average molecular weight is 499 g/mol. The number of nitrogens with two attached hydrogens (primary N) is 1. The Balaban J connectivity index is 1.51. The van der Waals surface area contributed by atoms with E-state index in [-0.39, 0.29) is 41.8 Å². The van der Waals surface area contributed by atoms with Crippen LogP contribution in [0.3, 0.4) is 0 Å². The Hall–Kier alpha value is -2.92. The number of halogens is 5. The van der Waals surface area contributed by atoms with Gasteiger partial charge in [-0.3, -0.25) is 4.90 Å². The first-order valence-electron chi connectivity index (χ1n) is 10.7. The largest absolute Gasteiger partial charge is 0.492 e. The van der Waals surface area contributed by atoms with Crippen LogP contribution in [0.4, 0.5) is 23.5 Å². The van der Waals surface area contributed by atoms with Crippen molar-refractivity contribution in [1.29, 1.82) is 0 Å². The number of nitrogen functional groups attached to an aromatic ring is 1. The normalized spacial score (nSPS) is 16.2. The Bertz CT molecular complexity index is 1110. The number of aromatic nitrogens is 4. The van der Waals surface area contributed by atoms with Crippen molar-refractivity contribution < 1.29 is 22.3 Å². The standard InChI is InChI=1S/C22H23ClF4N6O/c23-18-12-16(29-21(28)30-18)19-15(13-33(31-19)20(24)25)11-14-3-1-2-4-17(14)34-10-9-32-7-5-22(26,27)6-8-32/h1-4,12-13,20H,5-11H2,(H2,28,29,30). The highest BCUT2D eigenvalue weighted by Gasteiger charge is 2.33. The van der Waals surface area contributed by atoms with Crippen molar-refractivity contribution in [3.8, 4) is 17.1 Å². The van der Waals surface area contributed by atoms with Gasteiger partial charge in [-0.1, -0.05) is 29.8 Å². The van der Waals surface area contributed by atoms with Crippen LogP contribution in [-0.2, 0) is 6.42 Å². The van der Waals surface area contributed by atoms with Crippen LogP contribution in [0.1, 0.15) is 30.5 Å². The molecule has 7 nitrogen and oxygen atoms in total. The monoisotopic (exact) mass is 498 g/mol. The highest BCUT2D eigenvalue weighted by Crippen LogP contribution is 2.30. The van der Waals surface area contributed by atoms with Gasteiger partial charge in [0.1, 0.15) is 23.2 Å². The van der Waals surface area contributed by atoms with E-state index in [0.29, 0.717) is 42.2 Å². The summed E-state index contributed by atoms with van der Waals surface area (Å²) in [6.45, 7) is -1.38. The molecule has 12 heteroatoms. The Morgan fingerprint density at radius 3 is 2.56 bits per heavy atom. The molecule has 0 radical (unpaired) electrons. The lowest BCUT2D eigenvalue weighted by atomic mass is 10.0. The number of piperidine rings is 1. The van der Waals surface area contributed by atoms with Crippen molar-refractivity contribution >= 4 is 17.5 Å². The molecule has 0 unspecified atom stereocenters. The molecule has 0 aliphatic carbocycles. The van der Waals surface area contributed by atoms with Crippen molar-refractivity contribution in [3.63, 3.8) is 0 Å². The highest BCUT2D eigenvalue weighted by atomic mass is 35.5. The summed E-state index contributed by atoms with van der Waals surface area (Å²) in [5.41, 5.74) is 7.33. The minimum Gasteiger partial charge on any atom is -0.492 e. The molecule has 1 fully saturated rings. The number of anilines is 1. The average Bonchev–Trinajstić information content (AvgIpc) is 3.20. The maximum atomic E-state index is 13.4. The van der Waals surface area contributed by atoms with Crippen molar-refractivity contribution in [2.45, 2.75) is 31.7 Å². The molecular weight excluding hydrogens is 476 g/mol. The van der Waals surface area contributed by atoms with Crippen LogP contribution >= 0.6 is 11.6 Å². The molecule has 34 heavy (non-hydrogen) atoms. The number of ether oxygens (including phenoxy) is 1. The maximum Gasteiger partial charge on any atom is 0.333 e. The number of alkyl halides is 4. The van der Waals surface area contributed by atoms with E-state index in [1.54, 1.807) is 12.1 Å². The number of para-hydroxylation sites is 1. The van der Waals surface area contributed by atoms with E-state index >= 15 is 0 Å². The molecule has 182 valence electrons. The van der Waals surface area contributed by atoms with Crippen molar-refractivity contribution in [2.24, 2.45) is 0 Å². The molecule has 0 bridgehead atoms. The second-order valence-electron chi connectivity index (χ2n) is 8.03. The van der Waals surface area contributed by atoms with Gasteiger partial charge >= 0.3 is 6.55 Å². The van der Waals surface area contributed by atoms with Crippen LogP contribution in [0.25, 0.3) is 11.4 Å². The molecule has 1 saturated heterocycles. The van der Waals surface area contributed by atoms with E-state index in [1.807, 2.05) is 17.0 Å². The summed E-state index contributed by atoms with van der Waals surface area (Å²) in [5, 5.41) is 4.05. The molecular formula is C22H23ClF4N6O. The second-order valence-corrected chi connectivity index (χ2v) is 8.41. The molecule has 0 amide bonds. The SMILES string of the molecule is Nc1nc(Cl)cc(-c2nn(C(F)F)cc2Cc2ccccc2OCCN2CCC(F)(F)CC2)n1. The summed E-state index contributed by atoms with van der Waals surface area (Å²) >= 11 is 5.96. The van der Waals surface area contributed by atoms with Gasteiger partial charge in [-0.15, -0.1) is 0 Å². The van der Waals surface area contributed by atoms with Crippen LogP contribution in [-0.4, -0.2) is 56.8 Å². The number of likely N-dealkylation sites (tertiary alicyclic amines) is 1. The number of rotatable bonds is 8. The molecule has 2 N–H and O–H groups in total. The molecule has 3 heterocycles. The van der Waals surface area contributed by atoms with Gasteiger partial charge in [-0.05, 0) is 11.6 Å². The first-order chi connectivity index (χ1) is 16.2. The summed E-state index contributed by atoms with van der Waals surface area (Å²) in [7, 11) is 0. The highest BCUT2D eigenvalue weighted by molar-refractivity contribution is 6.29. The van der Waals surface area contributed by atoms with Gasteiger partial charge in [0.25, 0.3) is 5.92 Å². The molecule has 1 aliphatic rings. The van der Waals surface area contributed by atoms with Gasteiger partial charge in [0.2, 0.25) is 5.95 Å². The Morgan fingerprint density at radius 1 is 1.12 bits per heavy atom. The molecule has 1 aromatic carbocycles. The molecule has 2 aromatic heterocycles. The summed E-state index contributed by atoms with van der Waals surface area (Å²) in [5.74, 6) is -2.12. The van der Waals surface area contributed by atoms with Crippen LogP contribution in [0.2, 0.25) is 5.15 Å². The Kier molecular flexibility index (Phi) is 7.22. The van der Waals surface area contributed by atoms with E-state index in [2.05, 4.69) is 15.1 Å². The molecule has 1 aliphatic heterocycles. The van der Waals surface area contributed by atoms with Gasteiger partial charge in [0.05, 0.1) is 5.69 Å². The fraction of sp³-hybridized carbons (Fsp3) is 0.409. The van der Waals surface area contributed by atoms with Gasteiger partial charge in [0.15, 0.2) is 0 Å². The summed E-state index contributed by atoms with van der Waals surface area (Å²) < 4.78 is 59.9. The van der Waals surface area contributed by atoms with Crippen molar-refractivity contribution in [2.75, 3.05) is 32.0 Å². The first-order valence-corrected chi connectivity index (χ1v) is 11.1. The maximum absolute atomic E-state index is 13.4. The van der Waals surface area contributed by atoms with Crippen molar-refractivity contribution in [3.05, 3.63) is 52.8 Å². The number of hydrogen-bond donors (Lipinski definition) is 1. The van der Waals surface area contributed by atoms with E-state index in [0.717, 1.165) is 5.56 Å². The van der Waals surface area contributed by atoms with E-state index in [9.17, 15) is 17.6 Å². The fourth-order valence-electron chi connectivity index (χ4n) is 3.82. The Labute approximate surface area is 198 Å². The zero-order valence-corrected chi connectivity index (χ0v) is 18.9. The van der Waals surface area contributed by atoms with Crippen LogP contribution in [0, 0.1) is 0 Å². The zero-order valence-electron chi connectivity index (χ0n) is 18.1. The molecule has 0 atom stereocenters. The van der Waals surface area contributed by atoms with Crippen LogP contribution in [0.15, 0.2) is 36.5 Å². The second kappa shape index (κ2) is 10.1. The van der Waals surface area contributed by atoms with Crippen molar-refractivity contribution in [1.82, 2.24) is 24.6 Å². The lowest BCUT2D eigenvalue weighted by Gasteiger charge is -2.31. The minimum atomic E-state index is -2.84. The lowest BCUT2D eigenvalue weighted by Crippen LogP contribution is -2.41. The fourth-order valence-corrected chi connectivity index (χ4v) is 4.01. The van der Waals surface area contributed by atoms with Crippen LogP contribution in [0.5, 0.6) is 5.75 Å². The van der Waals surface area contributed by atoms with E-state index < -0.39 is 12.5 Å². The lowest BCUT2D eigenvalue weighted by molar-refractivity contribution is -0.0564. The molecule has 0 spiro atoms.